The van der Waals surface area contributed by atoms with Crippen LogP contribution in [0.1, 0.15) is 49.3 Å². The lowest BCUT2D eigenvalue weighted by Gasteiger charge is -2.33. The second-order valence-corrected chi connectivity index (χ2v) is 5.49. The van der Waals surface area contributed by atoms with Crippen molar-refractivity contribution in [1.82, 2.24) is 0 Å². The van der Waals surface area contributed by atoms with Gasteiger partial charge in [-0.3, -0.25) is 0 Å². The van der Waals surface area contributed by atoms with Crippen LogP contribution in [0.15, 0.2) is 18.2 Å². The molecule has 2 atom stereocenters. The minimum Gasteiger partial charge on any atom is -0.490 e. The van der Waals surface area contributed by atoms with E-state index in [1.54, 1.807) is 0 Å². The van der Waals surface area contributed by atoms with Crippen molar-refractivity contribution >= 4 is 0 Å². The Morgan fingerprint density at radius 3 is 2.76 bits per heavy atom. The van der Waals surface area contributed by atoms with Crippen LogP contribution >= 0.6 is 0 Å². The Hall–Kier alpha value is -1.02. The van der Waals surface area contributed by atoms with Crippen molar-refractivity contribution in [3.63, 3.8) is 0 Å². The van der Waals surface area contributed by atoms with Gasteiger partial charge in [0.2, 0.25) is 0 Å². The van der Waals surface area contributed by atoms with Gasteiger partial charge in [0.05, 0.1) is 6.10 Å². The summed E-state index contributed by atoms with van der Waals surface area (Å²) in [5, 5.41) is 10.2. The first kappa shape index (κ1) is 11.1. The fourth-order valence-electron chi connectivity index (χ4n) is 3.21. The first-order valence-electron chi connectivity index (χ1n) is 6.69. The Morgan fingerprint density at radius 2 is 2.00 bits per heavy atom. The molecular formula is C15H20O2. The molecule has 3 rings (SSSR count). The molecule has 2 unspecified atom stereocenters. The topological polar surface area (TPSA) is 29.5 Å². The lowest BCUT2D eigenvalue weighted by atomic mass is 9.90. The highest BCUT2D eigenvalue weighted by Gasteiger charge is 2.33. The van der Waals surface area contributed by atoms with Crippen LogP contribution < -0.4 is 4.74 Å². The SMILES string of the molecule is Cc1ccc2c(c1)C(O)CC(C1CCCC1)O2. The van der Waals surface area contributed by atoms with Gasteiger partial charge in [-0.05, 0) is 37.8 Å². The summed E-state index contributed by atoms with van der Waals surface area (Å²) in [5.41, 5.74) is 2.16. The van der Waals surface area contributed by atoms with E-state index in [4.69, 9.17) is 4.74 Å². The monoisotopic (exact) mass is 232 g/mol. The van der Waals surface area contributed by atoms with Crippen LogP contribution in [0, 0.1) is 12.8 Å². The zero-order valence-electron chi connectivity index (χ0n) is 10.4. The molecule has 1 heterocycles. The van der Waals surface area contributed by atoms with E-state index in [1.165, 1.54) is 31.2 Å². The number of fused-ring (bicyclic) bond motifs is 1. The molecule has 0 saturated heterocycles. The van der Waals surface area contributed by atoms with Crippen LogP contribution in [0.4, 0.5) is 0 Å². The van der Waals surface area contributed by atoms with Gasteiger partial charge in [-0.2, -0.15) is 0 Å². The minimum atomic E-state index is -0.343. The van der Waals surface area contributed by atoms with Crippen molar-refractivity contribution in [2.24, 2.45) is 5.92 Å². The van der Waals surface area contributed by atoms with Gasteiger partial charge in [0, 0.05) is 12.0 Å². The lowest BCUT2D eigenvalue weighted by Crippen LogP contribution is -2.31. The van der Waals surface area contributed by atoms with Gasteiger partial charge in [-0.1, -0.05) is 24.5 Å². The molecule has 17 heavy (non-hydrogen) atoms. The summed E-state index contributed by atoms with van der Waals surface area (Å²) in [7, 11) is 0. The van der Waals surface area contributed by atoms with Gasteiger partial charge >= 0.3 is 0 Å². The van der Waals surface area contributed by atoms with Crippen LogP contribution in [0.5, 0.6) is 5.75 Å². The summed E-state index contributed by atoms with van der Waals surface area (Å²) in [6, 6.07) is 6.11. The number of hydrogen-bond acceptors (Lipinski definition) is 2. The molecule has 0 radical (unpaired) electrons. The van der Waals surface area contributed by atoms with E-state index in [9.17, 15) is 5.11 Å². The quantitative estimate of drug-likeness (QED) is 0.804. The third-order valence-corrected chi connectivity index (χ3v) is 4.18. The lowest BCUT2D eigenvalue weighted by molar-refractivity contribution is 0.0355. The Bertz CT molecular complexity index is 407. The third-order valence-electron chi connectivity index (χ3n) is 4.18. The van der Waals surface area contributed by atoms with Gasteiger partial charge < -0.3 is 9.84 Å². The second kappa shape index (κ2) is 4.34. The predicted octanol–water partition coefficient (Wildman–Crippen LogP) is 3.37. The molecule has 1 saturated carbocycles. The van der Waals surface area contributed by atoms with Crippen LogP contribution in [0.2, 0.25) is 0 Å². The summed E-state index contributed by atoms with van der Waals surface area (Å²) in [6.07, 6.45) is 5.81. The number of aliphatic hydroxyl groups is 1. The van der Waals surface area contributed by atoms with Gasteiger partial charge in [0.15, 0.2) is 0 Å². The first-order valence-corrected chi connectivity index (χ1v) is 6.69. The Kier molecular flexibility index (Phi) is 2.83. The minimum absolute atomic E-state index is 0.225. The molecule has 1 N–H and O–H groups in total. The van der Waals surface area contributed by atoms with E-state index >= 15 is 0 Å². The third kappa shape index (κ3) is 2.06. The molecule has 0 amide bonds. The van der Waals surface area contributed by atoms with Crippen molar-refractivity contribution in [1.29, 1.82) is 0 Å². The zero-order valence-corrected chi connectivity index (χ0v) is 10.4. The Balaban J connectivity index is 1.84. The number of aryl methyl sites for hydroxylation is 1. The number of benzene rings is 1. The highest BCUT2D eigenvalue weighted by atomic mass is 16.5. The smallest absolute Gasteiger partial charge is 0.125 e. The van der Waals surface area contributed by atoms with Crippen molar-refractivity contribution < 1.29 is 9.84 Å². The number of aliphatic hydroxyl groups excluding tert-OH is 1. The van der Waals surface area contributed by atoms with E-state index in [0.29, 0.717) is 5.92 Å². The van der Waals surface area contributed by atoms with Crippen molar-refractivity contribution in [2.75, 3.05) is 0 Å². The molecule has 2 heteroatoms. The summed E-state index contributed by atoms with van der Waals surface area (Å²) in [4.78, 5) is 0. The van der Waals surface area contributed by atoms with Crippen LogP contribution in [-0.4, -0.2) is 11.2 Å². The summed E-state index contributed by atoms with van der Waals surface area (Å²) in [6.45, 7) is 2.05. The Morgan fingerprint density at radius 1 is 1.24 bits per heavy atom. The molecule has 0 aromatic heterocycles. The van der Waals surface area contributed by atoms with Gasteiger partial charge in [0.25, 0.3) is 0 Å². The van der Waals surface area contributed by atoms with Crippen molar-refractivity contribution in [2.45, 2.75) is 51.2 Å². The molecule has 1 aliphatic heterocycles. The molecule has 2 nitrogen and oxygen atoms in total. The molecule has 1 aromatic rings. The average molecular weight is 232 g/mol. The fourth-order valence-corrected chi connectivity index (χ4v) is 3.21. The molecule has 1 aliphatic carbocycles. The molecule has 1 aromatic carbocycles. The van der Waals surface area contributed by atoms with Crippen molar-refractivity contribution in [3.8, 4) is 5.75 Å². The molecule has 2 aliphatic rings. The standard InChI is InChI=1S/C15H20O2/c1-10-6-7-14-12(8-10)13(16)9-15(17-14)11-4-2-3-5-11/h6-8,11,13,15-16H,2-5,9H2,1H3. The maximum absolute atomic E-state index is 10.2. The number of rotatable bonds is 1. The molecule has 0 spiro atoms. The van der Waals surface area contributed by atoms with Gasteiger partial charge in [-0.25, -0.2) is 0 Å². The van der Waals surface area contributed by atoms with E-state index in [1.807, 2.05) is 12.1 Å². The van der Waals surface area contributed by atoms with Crippen LogP contribution in [0.25, 0.3) is 0 Å². The van der Waals surface area contributed by atoms with Gasteiger partial charge in [-0.15, -0.1) is 0 Å². The van der Waals surface area contributed by atoms with Crippen molar-refractivity contribution in [3.05, 3.63) is 29.3 Å². The Labute approximate surface area is 103 Å². The predicted molar refractivity (Wildman–Crippen MR) is 67.1 cm³/mol. The second-order valence-electron chi connectivity index (χ2n) is 5.49. The fraction of sp³-hybridized carbons (Fsp3) is 0.600. The van der Waals surface area contributed by atoms with E-state index < -0.39 is 0 Å². The van der Waals surface area contributed by atoms with E-state index in [-0.39, 0.29) is 12.2 Å². The number of hydrogen-bond donors (Lipinski definition) is 1. The van der Waals surface area contributed by atoms with E-state index in [0.717, 1.165) is 17.7 Å². The highest BCUT2D eigenvalue weighted by molar-refractivity contribution is 5.40. The van der Waals surface area contributed by atoms with Crippen LogP contribution in [-0.2, 0) is 0 Å². The summed E-state index contributed by atoms with van der Waals surface area (Å²) < 4.78 is 6.08. The summed E-state index contributed by atoms with van der Waals surface area (Å²) in [5.74, 6) is 1.55. The zero-order chi connectivity index (χ0) is 11.8. The molecular weight excluding hydrogens is 212 g/mol. The summed E-state index contributed by atoms with van der Waals surface area (Å²) >= 11 is 0. The van der Waals surface area contributed by atoms with Gasteiger partial charge in [0.1, 0.15) is 11.9 Å². The normalized spacial score (nSPS) is 28.8. The van der Waals surface area contributed by atoms with Crippen LogP contribution in [0.3, 0.4) is 0 Å². The largest absolute Gasteiger partial charge is 0.490 e. The first-order chi connectivity index (χ1) is 8.24. The molecule has 92 valence electrons. The highest BCUT2D eigenvalue weighted by Crippen LogP contribution is 2.41. The number of ether oxygens (including phenoxy) is 1. The molecule has 1 fully saturated rings. The maximum Gasteiger partial charge on any atom is 0.125 e. The average Bonchev–Trinajstić information content (AvgIpc) is 2.83. The van der Waals surface area contributed by atoms with E-state index in [2.05, 4.69) is 13.0 Å². The molecule has 0 bridgehead atoms. The maximum atomic E-state index is 10.2.